The van der Waals surface area contributed by atoms with Gasteiger partial charge in [-0.2, -0.15) is 0 Å². The van der Waals surface area contributed by atoms with Crippen molar-refractivity contribution in [1.29, 1.82) is 0 Å². The summed E-state index contributed by atoms with van der Waals surface area (Å²) in [7, 11) is 0. The molecular weight excluding hydrogens is 1150 g/mol. The number of nitrogens with one attached hydrogen (secondary N) is 5. The van der Waals surface area contributed by atoms with Crippen molar-refractivity contribution in [2.24, 2.45) is 0 Å². The second kappa shape index (κ2) is 27.9. The average Bonchev–Trinajstić information content (AvgIpc) is 3.90. The van der Waals surface area contributed by atoms with E-state index in [2.05, 4.69) is 78.2 Å². The lowest BCUT2D eigenvalue weighted by atomic mass is 10.0. The van der Waals surface area contributed by atoms with Gasteiger partial charge in [0.15, 0.2) is 13.5 Å². The molecule has 4 heterocycles. The van der Waals surface area contributed by atoms with Gasteiger partial charge in [0.25, 0.3) is 5.91 Å². The quantitative estimate of drug-likeness (QED) is 0.0606. The number of amides is 5. The summed E-state index contributed by atoms with van der Waals surface area (Å²) in [6.45, 7) is 24.5. The minimum Gasteiger partial charge on any atom is -0.476 e. The number of carboxylic acid groups (broad SMARTS) is 1. The van der Waals surface area contributed by atoms with E-state index in [0.717, 1.165) is 50.1 Å². The van der Waals surface area contributed by atoms with Crippen LogP contribution in [0.2, 0.25) is 0 Å². The Hall–Kier alpha value is -5.92. The Labute approximate surface area is 470 Å². The monoisotopic (exact) mass is 1220 g/mol. The standard InChI is InChI=1S/C25H34BrN5O5S.C21H34N4O4.C4H2BrNO2S.CH4/c1-24(2,3)35-22(33)27-15-9-10-19(17(12-15)29-20(32)18-14-37-21(26)30-18)31-11-7-8-16(13-31)28-23(34)36-25(4,5)6;1-20(2,3)28-18(26)23-14-9-10-17(16(22)12-14)25-11-7-8-15(13-25)24-19(27)29-21(4,5)6;5-4-6-2(1-9-4)3(7)8;/h9-10,12,14,16H,7-8,11,13H2,1-6H3,(H,27,33)(H,28,34)(H,29,32);9-10,12,15H,7-8,11,13,22H2,1-6H3,(H,23,26)(H,24,27);1H,(H,7,8);1H4/t16-;15-;;/m11../s1. The van der Waals surface area contributed by atoms with Gasteiger partial charge >= 0.3 is 30.3 Å². The Morgan fingerprint density at radius 1 is 0.605 bits per heavy atom. The third kappa shape index (κ3) is 23.5. The molecule has 0 aliphatic carbocycles. The Morgan fingerprint density at radius 2 is 1.00 bits per heavy atom. The van der Waals surface area contributed by atoms with Crippen LogP contribution in [0.5, 0.6) is 0 Å². The number of hydrogen-bond donors (Lipinski definition) is 7. The predicted octanol–water partition coefficient (Wildman–Crippen LogP) is 12.3. The smallest absolute Gasteiger partial charge is 0.412 e. The molecule has 2 aliphatic rings. The zero-order chi connectivity index (χ0) is 56.1. The Morgan fingerprint density at radius 3 is 1.38 bits per heavy atom. The molecule has 8 N–H and O–H groups in total. The number of aromatic carboxylic acids is 1. The van der Waals surface area contributed by atoms with E-state index in [-0.39, 0.29) is 36.8 Å². The molecule has 420 valence electrons. The second-order valence-electron chi connectivity index (χ2n) is 21.4. The minimum absolute atomic E-state index is 0. The van der Waals surface area contributed by atoms with Gasteiger partial charge in [0.2, 0.25) is 0 Å². The number of nitrogens with two attached hydrogens (primary N) is 1. The molecule has 2 aromatic heterocycles. The van der Waals surface area contributed by atoms with Crippen molar-refractivity contribution in [3.63, 3.8) is 0 Å². The summed E-state index contributed by atoms with van der Waals surface area (Å²) < 4.78 is 22.6. The number of nitrogen functional groups attached to an aromatic ring is 1. The van der Waals surface area contributed by atoms with E-state index in [1.165, 1.54) is 28.1 Å². The van der Waals surface area contributed by atoms with Crippen LogP contribution in [0.25, 0.3) is 0 Å². The summed E-state index contributed by atoms with van der Waals surface area (Å²) in [5, 5.41) is 25.7. The fraction of sp³-hybridized carbons (Fsp3) is 0.529. The van der Waals surface area contributed by atoms with Gasteiger partial charge < -0.3 is 55.5 Å². The number of rotatable bonds is 9. The zero-order valence-electron chi connectivity index (χ0n) is 44.4. The molecular formula is C51H74Br2N10O11S2. The zero-order valence-corrected chi connectivity index (χ0v) is 49.2. The Bertz CT molecular complexity index is 2620. The van der Waals surface area contributed by atoms with Crippen LogP contribution in [0.1, 0.15) is 137 Å². The first kappa shape index (κ1) is 64.4. The van der Waals surface area contributed by atoms with Gasteiger partial charge in [-0.1, -0.05) is 7.43 Å². The summed E-state index contributed by atoms with van der Waals surface area (Å²) in [6, 6.07) is 10.5. The van der Waals surface area contributed by atoms with Gasteiger partial charge in [-0.15, -0.1) is 22.7 Å². The van der Waals surface area contributed by atoms with Crippen molar-refractivity contribution in [1.82, 2.24) is 20.6 Å². The van der Waals surface area contributed by atoms with E-state index < -0.39 is 52.7 Å². The van der Waals surface area contributed by atoms with Crippen molar-refractivity contribution in [2.75, 3.05) is 57.7 Å². The van der Waals surface area contributed by atoms with E-state index in [4.69, 9.17) is 29.8 Å². The molecule has 2 aromatic carbocycles. The van der Waals surface area contributed by atoms with E-state index in [9.17, 15) is 28.8 Å². The fourth-order valence-electron chi connectivity index (χ4n) is 7.22. The molecule has 0 radical (unpaired) electrons. The maximum Gasteiger partial charge on any atom is 0.412 e. The molecule has 2 fully saturated rings. The van der Waals surface area contributed by atoms with Crippen LogP contribution in [-0.4, -0.2) is 112 Å². The first-order valence-electron chi connectivity index (χ1n) is 24.0. The lowest BCUT2D eigenvalue weighted by molar-refractivity contribution is 0.0488. The summed E-state index contributed by atoms with van der Waals surface area (Å²) in [4.78, 5) is 83.8. The van der Waals surface area contributed by atoms with Crippen molar-refractivity contribution in [2.45, 2.75) is 151 Å². The molecule has 0 spiro atoms. The van der Waals surface area contributed by atoms with E-state index >= 15 is 0 Å². The predicted molar refractivity (Wildman–Crippen MR) is 307 cm³/mol. The van der Waals surface area contributed by atoms with Gasteiger partial charge in [0, 0.05) is 60.4 Å². The molecule has 6 rings (SSSR count). The molecule has 0 unspecified atom stereocenters. The number of carboxylic acids is 1. The lowest BCUT2D eigenvalue weighted by Gasteiger charge is -2.36. The number of anilines is 6. The number of piperidine rings is 2. The van der Waals surface area contributed by atoms with Crippen LogP contribution in [0.15, 0.2) is 55.0 Å². The molecule has 0 saturated carbocycles. The maximum atomic E-state index is 12.9. The first-order chi connectivity index (χ1) is 34.7. The lowest BCUT2D eigenvalue weighted by Crippen LogP contribution is -2.49. The second-order valence-corrected chi connectivity index (χ2v) is 25.6. The van der Waals surface area contributed by atoms with Gasteiger partial charge in [0.05, 0.1) is 22.7 Å². The SMILES string of the molecule is C.CC(C)(C)OC(=O)Nc1ccc(N2CCC[C@@H](NC(=O)OC(C)(C)C)C2)c(N)c1.CC(C)(C)OC(=O)Nc1ccc(N2CCC[C@@H](NC(=O)OC(C)(C)C)C2)c(NC(=O)c2csc(Br)n2)c1.O=C(O)c1csc(Br)n1. The summed E-state index contributed by atoms with van der Waals surface area (Å²) >= 11 is 8.90. The van der Waals surface area contributed by atoms with Crippen molar-refractivity contribution in [3.05, 3.63) is 66.4 Å². The van der Waals surface area contributed by atoms with Gasteiger partial charge in [-0.05, 0) is 177 Å². The van der Waals surface area contributed by atoms with E-state index in [0.29, 0.717) is 43.7 Å². The number of alkyl carbamates (subject to hydrolysis) is 2. The van der Waals surface area contributed by atoms with Gasteiger partial charge in [-0.3, -0.25) is 15.4 Å². The van der Waals surface area contributed by atoms with Crippen LogP contribution >= 0.6 is 54.5 Å². The van der Waals surface area contributed by atoms with Crippen molar-refractivity contribution < 1.29 is 52.8 Å². The van der Waals surface area contributed by atoms with Gasteiger partial charge in [0.1, 0.15) is 28.1 Å². The molecule has 2 atom stereocenters. The van der Waals surface area contributed by atoms with Crippen LogP contribution in [0.3, 0.4) is 0 Å². The minimum atomic E-state index is -0.989. The maximum absolute atomic E-state index is 12.9. The van der Waals surface area contributed by atoms with Crippen LogP contribution < -0.4 is 42.1 Å². The number of ether oxygens (including phenoxy) is 4. The third-order valence-corrected chi connectivity index (χ3v) is 12.7. The van der Waals surface area contributed by atoms with Crippen molar-refractivity contribution >= 4 is 125 Å². The Kier molecular flexibility index (Phi) is 23.6. The number of halogens is 2. The highest BCUT2D eigenvalue weighted by molar-refractivity contribution is 9.11. The Balaban J connectivity index is 0.000000346. The number of thiazole rings is 2. The molecule has 4 aromatic rings. The molecule has 5 amide bonds. The molecule has 0 bridgehead atoms. The molecule has 21 nitrogen and oxygen atoms in total. The summed E-state index contributed by atoms with van der Waals surface area (Å²) in [5.74, 6) is -1.37. The number of nitrogens with zero attached hydrogens (tertiary/aromatic N) is 4. The summed E-state index contributed by atoms with van der Waals surface area (Å²) in [6.07, 6.45) is 1.47. The van der Waals surface area contributed by atoms with Crippen LogP contribution in [-0.2, 0) is 18.9 Å². The number of hydrogen-bond acceptors (Lipinski definition) is 17. The highest BCUT2D eigenvalue weighted by atomic mass is 79.9. The third-order valence-electron chi connectivity index (χ3n) is 9.93. The number of benzene rings is 2. The molecule has 25 heteroatoms. The largest absolute Gasteiger partial charge is 0.476 e. The summed E-state index contributed by atoms with van der Waals surface area (Å²) in [5.41, 5.74) is 7.99. The normalized spacial score (nSPS) is 15.6. The highest BCUT2D eigenvalue weighted by Gasteiger charge is 2.28. The average molecular weight is 1230 g/mol. The highest BCUT2D eigenvalue weighted by Crippen LogP contribution is 2.33. The number of carbonyl (C=O) groups is 6. The molecule has 2 saturated heterocycles. The molecule has 76 heavy (non-hydrogen) atoms. The van der Waals surface area contributed by atoms with Crippen LogP contribution in [0, 0.1) is 0 Å². The first-order valence-corrected chi connectivity index (χ1v) is 27.3. The van der Waals surface area contributed by atoms with Crippen LogP contribution in [0.4, 0.5) is 53.3 Å². The fourth-order valence-corrected chi connectivity index (χ4v) is 9.20. The van der Waals surface area contributed by atoms with Gasteiger partial charge in [-0.25, -0.2) is 33.9 Å². The molecule has 2 aliphatic heterocycles. The van der Waals surface area contributed by atoms with E-state index in [1.54, 1.807) is 50.4 Å². The van der Waals surface area contributed by atoms with E-state index in [1.807, 2.05) is 74.4 Å². The van der Waals surface area contributed by atoms with Crippen molar-refractivity contribution in [3.8, 4) is 0 Å². The number of aromatic nitrogens is 2. The topological polar surface area (TPSA) is 278 Å². The number of carbonyl (C=O) groups excluding carboxylic acids is 5.